The van der Waals surface area contributed by atoms with E-state index in [0.29, 0.717) is 5.54 Å². The van der Waals surface area contributed by atoms with E-state index in [-0.39, 0.29) is 17.9 Å². The predicted molar refractivity (Wildman–Crippen MR) is 126 cm³/mol. The Kier molecular flexibility index (Phi) is 5.52. The van der Waals surface area contributed by atoms with Crippen LogP contribution in [-0.2, 0) is 4.79 Å². The number of benzene rings is 3. The molecule has 1 fully saturated rings. The van der Waals surface area contributed by atoms with Gasteiger partial charge in [-0.1, -0.05) is 85.9 Å². The molecule has 0 unspecified atom stereocenters. The zero-order valence-corrected chi connectivity index (χ0v) is 19.1. The summed E-state index contributed by atoms with van der Waals surface area (Å²) in [6.45, 7) is 7.06. The Morgan fingerprint density at radius 3 is 2.00 bits per heavy atom. The SMILES string of the molecule is COc1ccc(N2C(=O)[C@H]([C@@H](C)[Si](C)(C)c3ccccc3)[C@H]2c2ccccc2)cc1. The van der Waals surface area contributed by atoms with E-state index < -0.39 is 8.07 Å². The highest BCUT2D eigenvalue weighted by Crippen LogP contribution is 2.51. The third-order valence-electron chi connectivity index (χ3n) is 6.83. The zero-order chi connectivity index (χ0) is 21.3. The number of amides is 1. The Balaban J connectivity index is 1.71. The first-order chi connectivity index (χ1) is 14.4. The number of ether oxygens (including phenoxy) is 1. The Morgan fingerprint density at radius 1 is 0.867 bits per heavy atom. The maximum Gasteiger partial charge on any atom is 0.233 e. The first kappa shape index (κ1) is 20.4. The van der Waals surface area contributed by atoms with Gasteiger partial charge in [0.2, 0.25) is 5.91 Å². The number of carbonyl (C=O) groups excluding carboxylic acids is 1. The maximum absolute atomic E-state index is 13.5. The lowest BCUT2D eigenvalue weighted by atomic mass is 9.79. The van der Waals surface area contributed by atoms with Crippen molar-refractivity contribution in [2.24, 2.45) is 5.92 Å². The average Bonchev–Trinajstić information content (AvgIpc) is 2.79. The lowest BCUT2D eigenvalue weighted by Gasteiger charge is -2.52. The van der Waals surface area contributed by atoms with Gasteiger partial charge in [-0.3, -0.25) is 4.79 Å². The molecule has 1 aliphatic rings. The van der Waals surface area contributed by atoms with Gasteiger partial charge in [-0.25, -0.2) is 0 Å². The van der Waals surface area contributed by atoms with Gasteiger partial charge in [-0.2, -0.15) is 0 Å². The third-order valence-corrected chi connectivity index (χ3v) is 11.3. The molecule has 30 heavy (non-hydrogen) atoms. The highest BCUT2D eigenvalue weighted by Gasteiger charge is 2.54. The molecule has 0 aromatic heterocycles. The predicted octanol–water partition coefficient (Wildman–Crippen LogP) is 5.41. The lowest BCUT2D eigenvalue weighted by Crippen LogP contribution is -2.61. The summed E-state index contributed by atoms with van der Waals surface area (Å²) in [6.07, 6.45) is 0. The number of methoxy groups -OCH3 is 1. The second kappa shape index (κ2) is 8.11. The molecule has 1 heterocycles. The summed E-state index contributed by atoms with van der Waals surface area (Å²) in [5.74, 6) is 1.000. The number of β-lactam (4-membered cyclic amide) rings is 1. The monoisotopic (exact) mass is 415 g/mol. The van der Waals surface area contributed by atoms with Gasteiger partial charge in [0, 0.05) is 5.69 Å². The van der Waals surface area contributed by atoms with Crippen LogP contribution in [0, 0.1) is 5.92 Å². The Hall–Kier alpha value is -2.85. The second-order valence-electron chi connectivity index (χ2n) is 8.66. The van der Waals surface area contributed by atoms with Crippen LogP contribution in [0.1, 0.15) is 18.5 Å². The van der Waals surface area contributed by atoms with E-state index in [1.54, 1.807) is 7.11 Å². The Bertz CT molecular complexity index is 1000. The largest absolute Gasteiger partial charge is 0.497 e. The van der Waals surface area contributed by atoms with Gasteiger partial charge in [-0.05, 0) is 35.4 Å². The molecule has 0 spiro atoms. The van der Waals surface area contributed by atoms with Crippen molar-refractivity contribution in [1.82, 2.24) is 0 Å². The van der Waals surface area contributed by atoms with Crippen LogP contribution in [0.5, 0.6) is 5.75 Å². The average molecular weight is 416 g/mol. The number of anilines is 1. The summed E-state index contributed by atoms with van der Waals surface area (Å²) >= 11 is 0. The number of hydrogen-bond acceptors (Lipinski definition) is 2. The van der Waals surface area contributed by atoms with Crippen LogP contribution < -0.4 is 14.8 Å². The summed E-state index contributed by atoms with van der Waals surface area (Å²) < 4.78 is 5.29. The van der Waals surface area contributed by atoms with Crippen molar-refractivity contribution in [3.63, 3.8) is 0 Å². The second-order valence-corrected chi connectivity index (χ2v) is 13.6. The summed E-state index contributed by atoms with van der Waals surface area (Å²) in [7, 11) is -0.188. The minimum Gasteiger partial charge on any atom is -0.497 e. The fraction of sp³-hybridized carbons (Fsp3) is 0.269. The van der Waals surface area contributed by atoms with Crippen molar-refractivity contribution in [3.8, 4) is 5.75 Å². The molecule has 3 atom stereocenters. The molecule has 3 aromatic rings. The smallest absolute Gasteiger partial charge is 0.233 e. The van der Waals surface area contributed by atoms with Crippen molar-refractivity contribution in [2.75, 3.05) is 12.0 Å². The van der Waals surface area contributed by atoms with Gasteiger partial charge in [0.1, 0.15) is 5.75 Å². The standard InChI is InChI=1S/C26H29NO2Si/c1-19(30(3,4)23-13-9-6-10-14-23)24-25(20-11-7-5-8-12-20)27(26(24)28)21-15-17-22(29-2)18-16-21/h5-19,24-25H,1-4H3/t19-,24-,25-/m1/s1. The van der Waals surface area contributed by atoms with Crippen LogP contribution in [0.2, 0.25) is 18.6 Å². The zero-order valence-electron chi connectivity index (χ0n) is 18.1. The molecule has 3 nitrogen and oxygen atoms in total. The molecule has 0 bridgehead atoms. The molecular weight excluding hydrogens is 386 g/mol. The fourth-order valence-electron chi connectivity index (χ4n) is 4.62. The van der Waals surface area contributed by atoms with Crippen molar-refractivity contribution in [1.29, 1.82) is 0 Å². The van der Waals surface area contributed by atoms with Gasteiger partial charge in [-0.15, -0.1) is 0 Å². The molecule has 0 aliphatic carbocycles. The molecule has 0 saturated carbocycles. The van der Waals surface area contributed by atoms with E-state index in [4.69, 9.17) is 4.74 Å². The molecule has 154 valence electrons. The number of nitrogens with zero attached hydrogens (tertiary/aromatic N) is 1. The summed E-state index contributed by atoms with van der Waals surface area (Å²) in [6, 6.07) is 29.0. The summed E-state index contributed by atoms with van der Waals surface area (Å²) in [5, 5.41) is 1.40. The molecule has 1 amide bonds. The van der Waals surface area contributed by atoms with Crippen molar-refractivity contribution < 1.29 is 9.53 Å². The van der Waals surface area contributed by atoms with Crippen LogP contribution in [0.4, 0.5) is 5.69 Å². The molecule has 4 heteroatoms. The van der Waals surface area contributed by atoms with E-state index in [9.17, 15) is 4.79 Å². The molecule has 4 rings (SSSR count). The van der Waals surface area contributed by atoms with Crippen molar-refractivity contribution >= 4 is 24.9 Å². The number of hydrogen-bond donors (Lipinski definition) is 0. The highest BCUT2D eigenvalue weighted by molar-refractivity contribution is 6.91. The van der Waals surface area contributed by atoms with Gasteiger partial charge < -0.3 is 9.64 Å². The molecular formula is C26H29NO2Si. The minimum absolute atomic E-state index is 0.0172. The fourth-order valence-corrected chi connectivity index (χ4v) is 7.42. The molecule has 0 radical (unpaired) electrons. The van der Waals surface area contributed by atoms with E-state index in [1.807, 2.05) is 35.2 Å². The van der Waals surface area contributed by atoms with E-state index in [1.165, 1.54) is 10.8 Å². The molecule has 3 aromatic carbocycles. The topological polar surface area (TPSA) is 29.5 Å². The Morgan fingerprint density at radius 2 is 1.43 bits per heavy atom. The van der Waals surface area contributed by atoms with Gasteiger partial charge in [0.25, 0.3) is 0 Å². The van der Waals surface area contributed by atoms with Crippen LogP contribution in [0.25, 0.3) is 0 Å². The summed E-state index contributed by atoms with van der Waals surface area (Å²) in [5.41, 5.74) is 2.44. The maximum atomic E-state index is 13.5. The summed E-state index contributed by atoms with van der Waals surface area (Å²) in [4.78, 5) is 15.5. The van der Waals surface area contributed by atoms with Gasteiger partial charge in [0.05, 0.1) is 27.1 Å². The van der Waals surface area contributed by atoms with Crippen molar-refractivity contribution in [2.45, 2.75) is 31.6 Å². The van der Waals surface area contributed by atoms with E-state index in [2.05, 4.69) is 74.6 Å². The van der Waals surface area contributed by atoms with E-state index >= 15 is 0 Å². The van der Waals surface area contributed by atoms with Crippen LogP contribution >= 0.6 is 0 Å². The normalized spacial score (nSPS) is 19.9. The molecule has 1 saturated heterocycles. The van der Waals surface area contributed by atoms with Crippen molar-refractivity contribution in [3.05, 3.63) is 90.5 Å². The van der Waals surface area contributed by atoms with Crippen LogP contribution in [0.3, 0.4) is 0 Å². The first-order valence-electron chi connectivity index (χ1n) is 10.5. The van der Waals surface area contributed by atoms with Gasteiger partial charge in [0.15, 0.2) is 0 Å². The highest BCUT2D eigenvalue weighted by atomic mass is 28.3. The lowest BCUT2D eigenvalue weighted by molar-refractivity contribution is -0.130. The third kappa shape index (κ3) is 3.45. The van der Waals surface area contributed by atoms with E-state index in [0.717, 1.165) is 11.4 Å². The van der Waals surface area contributed by atoms with Crippen LogP contribution in [-0.4, -0.2) is 21.1 Å². The number of rotatable bonds is 6. The first-order valence-corrected chi connectivity index (χ1v) is 13.6. The van der Waals surface area contributed by atoms with Crippen LogP contribution in [0.15, 0.2) is 84.9 Å². The minimum atomic E-state index is -1.84. The molecule has 0 N–H and O–H groups in total. The van der Waals surface area contributed by atoms with Gasteiger partial charge >= 0.3 is 0 Å². The number of carbonyl (C=O) groups is 1. The molecule has 1 aliphatic heterocycles. The Labute approximate surface area is 180 Å². The quantitative estimate of drug-likeness (QED) is 0.398.